The average molecular weight is 578 g/mol. The number of allylic oxidation sites excluding steroid dienone is 2. The Hall–Kier alpha value is -1.04. The van der Waals surface area contributed by atoms with Gasteiger partial charge in [-0.25, -0.2) is 0 Å². The molecule has 33 heavy (non-hydrogen) atoms. The molecular formula is C22H33BrN4O3S3. The molecule has 4 bridgehead atoms. The molecule has 0 spiro atoms. The van der Waals surface area contributed by atoms with Gasteiger partial charge in [-0.3, -0.25) is 14.6 Å². The van der Waals surface area contributed by atoms with Gasteiger partial charge in [0.15, 0.2) is 10.3 Å². The van der Waals surface area contributed by atoms with Crippen LogP contribution in [0.2, 0.25) is 0 Å². The summed E-state index contributed by atoms with van der Waals surface area (Å²) in [7, 11) is 0. The number of carbonyl (C=O) groups is 2. The first kappa shape index (κ1) is 28.2. The minimum absolute atomic E-state index is 0. The molecule has 0 aromatic rings. The number of aliphatic imine (C=N–C) groups is 1. The lowest BCUT2D eigenvalue weighted by Crippen LogP contribution is -2.40. The molecule has 1 aliphatic heterocycles. The van der Waals surface area contributed by atoms with E-state index in [9.17, 15) is 9.59 Å². The summed E-state index contributed by atoms with van der Waals surface area (Å²) >= 11 is 9.18. The van der Waals surface area contributed by atoms with Crippen molar-refractivity contribution in [3.8, 4) is 0 Å². The zero-order chi connectivity index (χ0) is 23.4. The van der Waals surface area contributed by atoms with E-state index in [1.807, 2.05) is 6.92 Å². The van der Waals surface area contributed by atoms with E-state index in [0.29, 0.717) is 29.0 Å². The second-order valence-corrected chi connectivity index (χ2v) is 12.0. The predicted octanol–water partition coefficient (Wildman–Crippen LogP) is 3.31. The highest BCUT2D eigenvalue weighted by Crippen LogP contribution is 2.41. The lowest BCUT2D eigenvalue weighted by molar-refractivity contribution is -0.135. The van der Waals surface area contributed by atoms with E-state index in [4.69, 9.17) is 23.1 Å². The third-order valence-electron chi connectivity index (χ3n) is 6.36. The number of hydrogen-bond donors (Lipinski definition) is 4. The van der Waals surface area contributed by atoms with E-state index in [2.05, 4.69) is 55.9 Å². The molecule has 8 unspecified atom stereocenters. The highest BCUT2D eigenvalue weighted by Gasteiger charge is 2.37. The second kappa shape index (κ2) is 12.6. The SMILES string of the molecule is CC(Br)C(=O)O.CC1SC(=NC2CC3C=CC2C3)NC1=O.NC(=S)NC1CC2C=CC1C2.S. The van der Waals surface area contributed by atoms with Crippen LogP contribution in [-0.4, -0.2) is 49.4 Å². The van der Waals surface area contributed by atoms with Crippen molar-refractivity contribution in [3.63, 3.8) is 0 Å². The predicted molar refractivity (Wildman–Crippen MR) is 147 cm³/mol. The van der Waals surface area contributed by atoms with Gasteiger partial charge in [0.25, 0.3) is 0 Å². The van der Waals surface area contributed by atoms with E-state index >= 15 is 0 Å². The molecule has 1 saturated heterocycles. The molecule has 0 aromatic carbocycles. The molecule has 5 N–H and O–H groups in total. The Kier molecular flexibility index (Phi) is 10.8. The van der Waals surface area contributed by atoms with E-state index in [0.717, 1.165) is 23.4 Å². The van der Waals surface area contributed by atoms with Crippen LogP contribution in [0.15, 0.2) is 29.3 Å². The number of rotatable bonds is 3. The standard InChI is InChI=1S/C11H14N2OS.C8H12N2S.C3H5BrO2.H2S/c1-6-10(14)13-11(15-6)12-9-5-7-2-3-8(9)4-7;9-8(11)10-7-4-5-1-2-6(7)3-5;1-2(4)3(5)6;/h2-3,6-9H,4-5H2,1H3,(H,12,13,14);1-2,5-7H,3-4H2,(H3,9,10,11);2H,1H3,(H,5,6);1H2. The minimum atomic E-state index is -0.824. The minimum Gasteiger partial charge on any atom is -0.480 e. The summed E-state index contributed by atoms with van der Waals surface area (Å²) in [5, 5.41) is 15.2. The number of thioether (sulfide) groups is 1. The highest BCUT2D eigenvalue weighted by molar-refractivity contribution is 9.10. The Morgan fingerprint density at radius 2 is 1.82 bits per heavy atom. The Bertz CT molecular complexity index is 836. The van der Waals surface area contributed by atoms with Crippen molar-refractivity contribution in [2.75, 3.05) is 0 Å². The Morgan fingerprint density at radius 3 is 2.18 bits per heavy atom. The molecular weight excluding hydrogens is 544 g/mol. The molecule has 5 aliphatic rings. The number of amidine groups is 1. The van der Waals surface area contributed by atoms with Gasteiger partial charge in [-0.1, -0.05) is 52.0 Å². The van der Waals surface area contributed by atoms with Crippen LogP contribution in [0.1, 0.15) is 39.5 Å². The number of carbonyl (C=O) groups excluding carboxylic acids is 1. The number of alkyl halides is 1. The molecule has 7 nitrogen and oxygen atoms in total. The number of nitrogens with two attached hydrogens (primary N) is 1. The first-order valence-corrected chi connectivity index (χ1v) is 13.2. The maximum Gasteiger partial charge on any atom is 0.316 e. The van der Waals surface area contributed by atoms with Gasteiger partial charge in [-0.2, -0.15) is 13.5 Å². The van der Waals surface area contributed by atoms with E-state index in [1.165, 1.54) is 19.3 Å². The fourth-order valence-electron chi connectivity index (χ4n) is 4.70. The van der Waals surface area contributed by atoms with Crippen LogP contribution in [0.25, 0.3) is 0 Å². The van der Waals surface area contributed by atoms with Gasteiger partial charge in [0.05, 0.1) is 11.3 Å². The summed E-state index contributed by atoms with van der Waals surface area (Å²) in [6, 6.07) is 0.926. The number of amides is 1. The molecule has 0 radical (unpaired) electrons. The first-order chi connectivity index (χ1) is 15.1. The van der Waals surface area contributed by atoms with Gasteiger partial charge >= 0.3 is 5.97 Å². The fraction of sp³-hybridized carbons (Fsp3) is 0.636. The zero-order valence-corrected chi connectivity index (χ0v) is 23.0. The molecule has 2 saturated carbocycles. The van der Waals surface area contributed by atoms with Gasteiger partial charge in [-0.15, -0.1) is 0 Å². The maximum absolute atomic E-state index is 11.3. The molecule has 1 amide bonds. The van der Waals surface area contributed by atoms with Crippen molar-refractivity contribution in [2.24, 2.45) is 34.4 Å². The van der Waals surface area contributed by atoms with E-state index in [-0.39, 0.29) is 24.7 Å². The Morgan fingerprint density at radius 1 is 1.24 bits per heavy atom. The topological polar surface area (TPSA) is 117 Å². The van der Waals surface area contributed by atoms with Crippen molar-refractivity contribution >= 4 is 75.6 Å². The molecule has 4 aliphatic carbocycles. The monoisotopic (exact) mass is 576 g/mol. The quantitative estimate of drug-likeness (QED) is 0.231. The van der Waals surface area contributed by atoms with Crippen molar-refractivity contribution in [1.82, 2.24) is 10.6 Å². The van der Waals surface area contributed by atoms with Crippen molar-refractivity contribution in [3.05, 3.63) is 24.3 Å². The smallest absolute Gasteiger partial charge is 0.316 e. The molecule has 1 heterocycles. The molecule has 5 rings (SSSR count). The third-order valence-corrected chi connectivity index (χ3v) is 7.87. The number of nitrogens with zero attached hydrogens (tertiary/aromatic N) is 1. The molecule has 11 heteroatoms. The number of hydrogen-bond acceptors (Lipinski definition) is 5. The zero-order valence-electron chi connectivity index (χ0n) is 18.7. The lowest BCUT2D eigenvalue weighted by atomic mass is 10.0. The Balaban J connectivity index is 0.000000190. The van der Waals surface area contributed by atoms with Crippen LogP contribution >= 0.6 is 53.4 Å². The summed E-state index contributed by atoms with van der Waals surface area (Å²) in [6.07, 6.45) is 14.1. The van der Waals surface area contributed by atoms with Gasteiger partial charge in [0.2, 0.25) is 5.91 Å². The van der Waals surface area contributed by atoms with Gasteiger partial charge in [0.1, 0.15) is 4.83 Å². The molecule has 0 aromatic heterocycles. The van der Waals surface area contributed by atoms with Crippen LogP contribution in [0.4, 0.5) is 0 Å². The van der Waals surface area contributed by atoms with Gasteiger partial charge < -0.3 is 21.5 Å². The second-order valence-electron chi connectivity index (χ2n) is 8.88. The normalized spacial score (nSPS) is 36.3. The van der Waals surface area contributed by atoms with Crippen LogP contribution in [0.5, 0.6) is 0 Å². The largest absolute Gasteiger partial charge is 0.480 e. The number of carboxylic acids is 1. The summed E-state index contributed by atoms with van der Waals surface area (Å²) in [5.41, 5.74) is 5.40. The molecule has 3 fully saturated rings. The van der Waals surface area contributed by atoms with E-state index in [1.54, 1.807) is 18.7 Å². The van der Waals surface area contributed by atoms with Crippen molar-refractivity contribution < 1.29 is 14.7 Å². The maximum atomic E-state index is 11.3. The van der Waals surface area contributed by atoms with Crippen LogP contribution in [0, 0.1) is 23.7 Å². The van der Waals surface area contributed by atoms with Crippen LogP contribution in [0.3, 0.4) is 0 Å². The van der Waals surface area contributed by atoms with E-state index < -0.39 is 10.8 Å². The summed E-state index contributed by atoms with van der Waals surface area (Å²) in [5.74, 6) is 2.10. The van der Waals surface area contributed by atoms with Crippen molar-refractivity contribution in [1.29, 1.82) is 0 Å². The number of halogens is 1. The summed E-state index contributed by atoms with van der Waals surface area (Å²) in [4.78, 5) is 25.2. The average Bonchev–Trinajstić information content (AvgIpc) is 3.52. The highest BCUT2D eigenvalue weighted by atomic mass is 79.9. The number of aliphatic carboxylic acids is 1. The number of fused-ring (bicyclic) bond motifs is 4. The molecule has 184 valence electrons. The fourth-order valence-corrected chi connectivity index (χ4v) is 5.71. The summed E-state index contributed by atoms with van der Waals surface area (Å²) < 4.78 is 0. The van der Waals surface area contributed by atoms with Gasteiger partial charge in [0, 0.05) is 6.04 Å². The Labute approximate surface area is 220 Å². The molecule has 8 atom stereocenters. The third kappa shape index (κ3) is 8.00. The van der Waals surface area contributed by atoms with Gasteiger partial charge in [-0.05, 0) is 75.4 Å². The first-order valence-electron chi connectivity index (χ1n) is 11.0. The summed E-state index contributed by atoms with van der Waals surface area (Å²) in [6.45, 7) is 3.48. The number of thiocarbonyl (C=S) groups is 1. The van der Waals surface area contributed by atoms with Crippen LogP contribution in [-0.2, 0) is 9.59 Å². The lowest BCUT2D eigenvalue weighted by Gasteiger charge is -2.19. The van der Waals surface area contributed by atoms with Crippen LogP contribution < -0.4 is 16.4 Å². The number of carboxylic acid groups (broad SMARTS) is 1. The number of nitrogens with one attached hydrogen (secondary N) is 2. The van der Waals surface area contributed by atoms with Crippen molar-refractivity contribution in [2.45, 2.75) is 61.7 Å².